The molecule has 1 N–H and O–H groups in total. The molecule has 0 aliphatic heterocycles. The second kappa shape index (κ2) is 8.40. The molecule has 0 radical (unpaired) electrons. The Morgan fingerprint density at radius 2 is 1.78 bits per heavy atom. The largest absolute Gasteiger partial charge is 1.00 e. The fourth-order valence-corrected chi connectivity index (χ4v) is 1.63. The van der Waals surface area contributed by atoms with Crippen LogP contribution in [0.1, 0.15) is 17.2 Å². The van der Waals surface area contributed by atoms with Crippen LogP contribution in [0.4, 0.5) is 0 Å². The number of rotatable bonds is 3. The summed E-state index contributed by atoms with van der Waals surface area (Å²) in [6.07, 6.45) is 3.66. The van der Waals surface area contributed by atoms with Gasteiger partial charge in [0.05, 0.1) is 0 Å². The van der Waals surface area contributed by atoms with Gasteiger partial charge in [-0.05, 0) is 24.3 Å². The molecule has 18 heavy (non-hydrogen) atoms. The summed E-state index contributed by atoms with van der Waals surface area (Å²) >= 11 is 5.79. The number of carbonyl (C=O) groups excluding carboxylic acids is 1. The van der Waals surface area contributed by atoms with Gasteiger partial charge in [-0.1, -0.05) is 41.3 Å². The third kappa shape index (κ3) is 4.19. The summed E-state index contributed by atoms with van der Waals surface area (Å²) < 4.78 is 0. The minimum atomic E-state index is -0.446. The second-order valence-corrected chi connectivity index (χ2v) is 3.79. The molecular weight excluding hydrogens is 261 g/mol. The molecule has 0 fully saturated rings. The summed E-state index contributed by atoms with van der Waals surface area (Å²) in [6.45, 7) is 0. The van der Waals surface area contributed by atoms with Crippen LogP contribution >= 0.6 is 11.6 Å². The monoisotopic (exact) mass is 270 g/mol. The van der Waals surface area contributed by atoms with E-state index in [-0.39, 0.29) is 35.0 Å². The molecular formula is C13H10ClNNaO2-. The van der Waals surface area contributed by atoms with Crippen LogP contribution in [-0.4, -0.2) is 16.7 Å². The molecule has 0 amide bonds. The Hall–Kier alpha value is -0.710. The topological polar surface area (TPSA) is 60.0 Å². The van der Waals surface area contributed by atoms with Gasteiger partial charge in [0, 0.05) is 16.9 Å². The number of halogens is 1. The molecule has 1 atom stereocenters. The van der Waals surface area contributed by atoms with Crippen LogP contribution < -0.4 is 29.6 Å². The molecule has 88 valence electrons. The van der Waals surface area contributed by atoms with Gasteiger partial charge in [-0.3, -0.25) is 11.3 Å². The molecule has 5 heteroatoms. The summed E-state index contributed by atoms with van der Waals surface area (Å²) in [5, 5.41) is 0.648. The molecule has 0 aliphatic rings. The van der Waals surface area contributed by atoms with Crippen molar-refractivity contribution in [2.24, 2.45) is 0 Å². The maximum Gasteiger partial charge on any atom is 1.00 e. The van der Waals surface area contributed by atoms with Gasteiger partial charge >= 0.3 is 29.6 Å². The number of nitrogens with zero attached hydrogens (tertiary/aromatic N) is 1. The van der Waals surface area contributed by atoms with Gasteiger partial charge in [-0.2, -0.15) is 0 Å². The van der Waals surface area contributed by atoms with Crippen molar-refractivity contribution in [3.8, 4) is 0 Å². The van der Waals surface area contributed by atoms with Crippen molar-refractivity contribution in [1.82, 2.24) is 4.98 Å². The zero-order chi connectivity index (χ0) is 11.4. The Kier molecular flexibility index (Phi) is 8.07. The van der Waals surface area contributed by atoms with E-state index >= 15 is 0 Å². The number of aromatic nitrogens is 1. The van der Waals surface area contributed by atoms with E-state index in [0.29, 0.717) is 10.7 Å². The summed E-state index contributed by atoms with van der Waals surface area (Å²) in [6, 6.07) is 12.6. The smallest absolute Gasteiger partial charge is 0.870 e. The van der Waals surface area contributed by atoms with Gasteiger partial charge < -0.3 is 10.3 Å². The number of hydrogen-bond donors (Lipinski definition) is 0. The quantitative estimate of drug-likeness (QED) is 0.573. The predicted octanol–water partition coefficient (Wildman–Crippen LogP) is -0.196. The van der Waals surface area contributed by atoms with E-state index in [1.54, 1.807) is 18.3 Å². The molecule has 0 saturated carbocycles. The first-order valence-electron chi connectivity index (χ1n) is 4.85. The molecule has 2 aromatic rings. The van der Waals surface area contributed by atoms with Crippen LogP contribution in [0.5, 0.6) is 0 Å². The van der Waals surface area contributed by atoms with Crippen LogP contribution in [0.15, 0.2) is 48.7 Å². The average Bonchev–Trinajstić information content (AvgIpc) is 2.34. The number of pyridine rings is 1. The molecule has 1 unspecified atom stereocenters. The predicted molar refractivity (Wildman–Crippen MR) is 65.2 cm³/mol. The Bertz CT molecular complexity index is 476. The van der Waals surface area contributed by atoms with Gasteiger partial charge in [0.15, 0.2) is 0 Å². The van der Waals surface area contributed by atoms with Crippen LogP contribution in [-0.2, 0) is 4.79 Å². The maximum atomic E-state index is 11.0. The summed E-state index contributed by atoms with van der Waals surface area (Å²) in [4.78, 5) is 15.1. The first kappa shape index (κ1) is 17.3. The summed E-state index contributed by atoms with van der Waals surface area (Å²) in [5.41, 5.74) is 1.54. The number of benzene rings is 1. The van der Waals surface area contributed by atoms with E-state index in [1.807, 2.05) is 36.6 Å². The van der Waals surface area contributed by atoms with Crippen molar-refractivity contribution in [3.05, 3.63) is 64.9 Å². The van der Waals surface area contributed by atoms with Crippen molar-refractivity contribution in [1.29, 1.82) is 0 Å². The average molecular weight is 271 g/mol. The standard InChI is InChI=1S/C13H9ClNO.Na.H2O/c14-11-6-4-10(5-7-11)12(9-16)13-3-1-2-8-15-13;;/h1-8,12H;;1H2/q-1;+1;/p-1. The zero-order valence-corrected chi connectivity index (χ0v) is 12.6. The third-order valence-corrected chi connectivity index (χ3v) is 2.56. The summed E-state index contributed by atoms with van der Waals surface area (Å²) in [7, 11) is 0. The molecule has 3 nitrogen and oxygen atoms in total. The van der Waals surface area contributed by atoms with Crippen molar-refractivity contribution in [2.75, 3.05) is 0 Å². The van der Waals surface area contributed by atoms with Gasteiger partial charge in [0.1, 0.15) is 0 Å². The van der Waals surface area contributed by atoms with Crippen molar-refractivity contribution >= 4 is 17.9 Å². The van der Waals surface area contributed by atoms with Crippen LogP contribution in [0.25, 0.3) is 0 Å². The van der Waals surface area contributed by atoms with Crippen LogP contribution in [0, 0.1) is 0 Å². The molecule has 0 saturated heterocycles. The van der Waals surface area contributed by atoms with Crippen LogP contribution in [0.2, 0.25) is 5.02 Å². The molecule has 0 aliphatic carbocycles. The van der Waals surface area contributed by atoms with Crippen molar-refractivity contribution in [3.63, 3.8) is 0 Å². The second-order valence-electron chi connectivity index (χ2n) is 3.36. The van der Waals surface area contributed by atoms with E-state index in [0.717, 1.165) is 5.56 Å². The fraction of sp³-hybridized carbons (Fsp3) is 0.0769. The minimum absolute atomic E-state index is 0. The normalized spacial score (nSPS) is 10.7. The maximum absolute atomic E-state index is 11.0. The van der Waals surface area contributed by atoms with E-state index < -0.39 is 5.92 Å². The fourth-order valence-electron chi connectivity index (χ4n) is 1.50. The molecule has 1 heterocycles. The molecule has 2 rings (SSSR count). The molecule has 1 aromatic carbocycles. The van der Waals surface area contributed by atoms with Gasteiger partial charge in [-0.15, -0.1) is 0 Å². The van der Waals surface area contributed by atoms with E-state index in [1.165, 1.54) is 0 Å². The van der Waals surface area contributed by atoms with Gasteiger partial charge in [0.2, 0.25) is 0 Å². The Balaban J connectivity index is 0.00000144. The van der Waals surface area contributed by atoms with E-state index in [4.69, 9.17) is 11.6 Å². The Labute approximate surface area is 133 Å². The SMILES string of the molecule is O=[C-]C(c1ccc(Cl)cc1)c1ccccn1.[Na+].[OH-]. The van der Waals surface area contributed by atoms with E-state index in [2.05, 4.69) is 4.98 Å². The number of hydrogen-bond acceptors (Lipinski definition) is 3. The zero-order valence-electron chi connectivity index (χ0n) is 9.88. The first-order valence-corrected chi connectivity index (χ1v) is 5.23. The molecule has 1 aromatic heterocycles. The molecule has 0 bridgehead atoms. The minimum Gasteiger partial charge on any atom is -0.870 e. The molecule has 0 spiro atoms. The van der Waals surface area contributed by atoms with Crippen molar-refractivity contribution in [2.45, 2.75) is 5.92 Å². The van der Waals surface area contributed by atoms with Gasteiger partial charge in [0.25, 0.3) is 0 Å². The summed E-state index contributed by atoms with van der Waals surface area (Å²) in [5.74, 6) is -0.446. The van der Waals surface area contributed by atoms with E-state index in [9.17, 15) is 4.79 Å². The Morgan fingerprint density at radius 3 is 2.28 bits per heavy atom. The Morgan fingerprint density at radius 1 is 1.11 bits per heavy atom. The van der Waals surface area contributed by atoms with Gasteiger partial charge in [-0.25, -0.2) is 0 Å². The third-order valence-electron chi connectivity index (χ3n) is 2.30. The first-order chi connectivity index (χ1) is 7.81. The van der Waals surface area contributed by atoms with Crippen molar-refractivity contribution < 1.29 is 39.8 Å². The van der Waals surface area contributed by atoms with Crippen LogP contribution in [0.3, 0.4) is 0 Å².